The van der Waals surface area contributed by atoms with E-state index in [1.54, 1.807) is 18.7 Å². The summed E-state index contributed by atoms with van der Waals surface area (Å²) >= 11 is 0. The van der Waals surface area contributed by atoms with Crippen LogP contribution in [0.1, 0.15) is 85.5 Å². The number of Topliss-reactive ketones (excluding diaryl/α,β-unsaturated/α-hetero) is 1. The Bertz CT molecular complexity index is 1100. The Hall–Kier alpha value is -3.59. The lowest BCUT2D eigenvalue weighted by Crippen LogP contribution is -2.56. The predicted octanol–water partition coefficient (Wildman–Crippen LogP) is -0.975. The average molecular weight is 638 g/mol. The van der Waals surface area contributed by atoms with Gasteiger partial charge in [-0.05, 0) is 65.2 Å². The fraction of sp³-hybridized carbons (Fsp3) is 0.767. The summed E-state index contributed by atoms with van der Waals surface area (Å²) in [6, 6.07) is -2.94. The molecule has 5 amide bonds. The number of hydrogen-bond donors (Lipinski definition) is 6. The lowest BCUT2D eigenvalue weighted by Gasteiger charge is -2.28. The van der Waals surface area contributed by atoms with Crippen LogP contribution in [0.5, 0.6) is 0 Å². The number of likely N-dealkylation sites (tertiary alicyclic amines) is 2. The van der Waals surface area contributed by atoms with E-state index in [0.29, 0.717) is 58.2 Å². The van der Waals surface area contributed by atoms with Gasteiger partial charge in [-0.3, -0.25) is 33.6 Å². The second-order valence-electron chi connectivity index (χ2n) is 12.3. The largest absolute Gasteiger partial charge is 0.481 e. The molecule has 4 atom stereocenters. The van der Waals surface area contributed by atoms with Gasteiger partial charge in [0.2, 0.25) is 29.5 Å². The first-order valence-electron chi connectivity index (χ1n) is 15.8. The molecule has 2 heterocycles. The number of carbonyl (C=O) groups excluding carboxylic acids is 6. The van der Waals surface area contributed by atoms with Gasteiger partial charge in [-0.25, -0.2) is 0 Å². The van der Waals surface area contributed by atoms with Crippen LogP contribution in [0.2, 0.25) is 0 Å². The van der Waals surface area contributed by atoms with Crippen molar-refractivity contribution in [1.82, 2.24) is 31.1 Å². The van der Waals surface area contributed by atoms with Crippen LogP contribution in [-0.2, 0) is 33.6 Å². The minimum Gasteiger partial charge on any atom is -0.481 e. The Labute approximate surface area is 264 Å². The number of nitrogens with one attached hydrogen (secondary N) is 4. The first-order chi connectivity index (χ1) is 21.2. The van der Waals surface area contributed by atoms with Gasteiger partial charge >= 0.3 is 5.97 Å². The molecule has 2 saturated heterocycles. The molecule has 0 aromatic heterocycles. The summed E-state index contributed by atoms with van der Waals surface area (Å²) in [6.45, 7) is 7.86. The zero-order chi connectivity index (χ0) is 33.7. The first kappa shape index (κ1) is 37.6. The summed E-state index contributed by atoms with van der Waals surface area (Å²) in [5.74, 6) is -2.75. The van der Waals surface area contributed by atoms with Gasteiger partial charge in [0.15, 0.2) is 5.78 Å². The third kappa shape index (κ3) is 11.7. The van der Waals surface area contributed by atoms with E-state index in [0.717, 1.165) is 6.42 Å². The van der Waals surface area contributed by atoms with E-state index in [-0.39, 0.29) is 49.4 Å². The van der Waals surface area contributed by atoms with Crippen molar-refractivity contribution in [3.05, 3.63) is 0 Å². The standard InChI is InChI=1S/C30H51N7O8/c1-19(38)36-17-7-10-23(36)28(44)32-14-6-5-9-22(35-29(45)24-11-8-18-37(24)20(2)39)27(43)33-15-16-34-30(3,4)26(42)21(31)12-13-25(40)41/h21-24,34H,5-18,31H2,1-4H3,(H,32,44)(H,33,43)(H,35,45)(H,40,41). The van der Waals surface area contributed by atoms with Crippen LogP contribution in [0.15, 0.2) is 0 Å². The number of nitrogens with two attached hydrogens (primary N) is 1. The van der Waals surface area contributed by atoms with Crippen LogP contribution in [0.3, 0.4) is 0 Å². The monoisotopic (exact) mass is 637 g/mol. The van der Waals surface area contributed by atoms with Crippen molar-refractivity contribution in [2.24, 2.45) is 5.73 Å². The van der Waals surface area contributed by atoms with Crippen molar-refractivity contribution in [2.45, 2.75) is 115 Å². The Kier molecular flexibility index (Phi) is 14.9. The smallest absolute Gasteiger partial charge is 0.303 e. The number of rotatable bonds is 18. The van der Waals surface area contributed by atoms with Crippen molar-refractivity contribution < 1.29 is 38.7 Å². The molecular weight excluding hydrogens is 586 g/mol. The summed E-state index contributed by atoms with van der Waals surface area (Å²) in [5, 5.41) is 20.3. The molecule has 2 aliphatic heterocycles. The normalized spacial score (nSPS) is 19.5. The second kappa shape index (κ2) is 17.8. The summed E-state index contributed by atoms with van der Waals surface area (Å²) in [4.78, 5) is 89.2. The maximum atomic E-state index is 13.2. The van der Waals surface area contributed by atoms with Gasteiger partial charge in [0, 0.05) is 53.0 Å². The fourth-order valence-electron chi connectivity index (χ4n) is 5.82. The number of unbranched alkanes of at least 4 members (excludes halogenated alkanes) is 1. The first-order valence-corrected chi connectivity index (χ1v) is 15.8. The molecule has 0 aliphatic carbocycles. The Morgan fingerprint density at radius 1 is 0.822 bits per heavy atom. The molecule has 2 fully saturated rings. The molecule has 2 rings (SSSR count). The number of hydrogen-bond acceptors (Lipinski definition) is 9. The summed E-state index contributed by atoms with van der Waals surface area (Å²) in [6.07, 6.45) is 3.73. The maximum Gasteiger partial charge on any atom is 0.303 e. The zero-order valence-corrected chi connectivity index (χ0v) is 27.0. The molecule has 0 aromatic rings. The Morgan fingerprint density at radius 2 is 1.40 bits per heavy atom. The number of amides is 5. The molecule has 2 aliphatic rings. The maximum absolute atomic E-state index is 13.2. The molecule has 0 radical (unpaired) electrons. The minimum atomic E-state index is -1.06. The van der Waals surface area contributed by atoms with Crippen LogP contribution in [0.25, 0.3) is 0 Å². The van der Waals surface area contributed by atoms with Crippen molar-refractivity contribution in [1.29, 1.82) is 0 Å². The molecule has 15 nitrogen and oxygen atoms in total. The molecule has 0 spiro atoms. The highest BCUT2D eigenvalue weighted by atomic mass is 16.4. The van der Waals surface area contributed by atoms with Gasteiger partial charge in [-0.15, -0.1) is 0 Å². The number of aliphatic carboxylic acids is 1. The van der Waals surface area contributed by atoms with Gasteiger partial charge in [0.1, 0.15) is 18.1 Å². The van der Waals surface area contributed by atoms with Crippen LogP contribution in [-0.4, -0.2) is 119 Å². The van der Waals surface area contributed by atoms with E-state index < -0.39 is 47.5 Å². The van der Waals surface area contributed by atoms with Gasteiger partial charge in [-0.2, -0.15) is 0 Å². The number of carboxylic acids is 1. The highest BCUT2D eigenvalue weighted by Crippen LogP contribution is 2.19. The number of carboxylic acid groups (broad SMARTS) is 1. The Balaban J connectivity index is 1.90. The third-order valence-electron chi connectivity index (χ3n) is 8.38. The van der Waals surface area contributed by atoms with Crippen molar-refractivity contribution in [3.63, 3.8) is 0 Å². The molecule has 45 heavy (non-hydrogen) atoms. The fourth-order valence-corrected chi connectivity index (χ4v) is 5.82. The van der Waals surface area contributed by atoms with Crippen molar-refractivity contribution in [2.75, 3.05) is 32.7 Å². The molecular formula is C30H51N7O8. The summed E-state index contributed by atoms with van der Waals surface area (Å²) in [5.41, 5.74) is 4.82. The third-order valence-corrected chi connectivity index (χ3v) is 8.38. The van der Waals surface area contributed by atoms with Crippen molar-refractivity contribution in [3.8, 4) is 0 Å². The number of nitrogens with zero attached hydrogens (tertiary/aromatic N) is 2. The van der Waals surface area contributed by atoms with Crippen LogP contribution >= 0.6 is 0 Å². The second-order valence-corrected chi connectivity index (χ2v) is 12.3. The lowest BCUT2D eigenvalue weighted by atomic mass is 9.91. The van der Waals surface area contributed by atoms with Crippen LogP contribution in [0, 0.1) is 0 Å². The van der Waals surface area contributed by atoms with E-state index >= 15 is 0 Å². The minimum absolute atomic E-state index is 0.0144. The molecule has 254 valence electrons. The average Bonchev–Trinajstić information content (AvgIpc) is 3.67. The van der Waals surface area contributed by atoms with Gasteiger partial charge in [-0.1, -0.05) is 0 Å². The highest BCUT2D eigenvalue weighted by Gasteiger charge is 2.35. The van der Waals surface area contributed by atoms with E-state index in [2.05, 4.69) is 21.3 Å². The number of carbonyl (C=O) groups is 7. The molecule has 0 aromatic carbocycles. The molecule has 0 bridgehead atoms. The van der Waals surface area contributed by atoms with Crippen LogP contribution in [0.4, 0.5) is 0 Å². The molecule has 7 N–H and O–H groups in total. The topological polar surface area (TPSA) is 220 Å². The van der Waals surface area contributed by atoms with E-state index in [4.69, 9.17) is 10.8 Å². The van der Waals surface area contributed by atoms with Gasteiger partial charge in [0.05, 0.1) is 11.6 Å². The summed E-state index contributed by atoms with van der Waals surface area (Å²) in [7, 11) is 0. The Morgan fingerprint density at radius 3 is 1.96 bits per heavy atom. The summed E-state index contributed by atoms with van der Waals surface area (Å²) < 4.78 is 0. The van der Waals surface area contributed by atoms with Gasteiger partial charge < -0.3 is 41.9 Å². The van der Waals surface area contributed by atoms with Crippen molar-refractivity contribution >= 4 is 41.3 Å². The van der Waals surface area contributed by atoms with E-state index in [1.807, 2.05) is 0 Å². The van der Waals surface area contributed by atoms with E-state index in [1.165, 1.54) is 18.7 Å². The van der Waals surface area contributed by atoms with Crippen LogP contribution < -0.4 is 27.0 Å². The molecule has 15 heteroatoms. The highest BCUT2D eigenvalue weighted by molar-refractivity contribution is 5.93. The zero-order valence-electron chi connectivity index (χ0n) is 27.0. The molecule has 0 saturated carbocycles. The van der Waals surface area contributed by atoms with E-state index in [9.17, 15) is 33.6 Å². The number of ketones is 1. The SMILES string of the molecule is CC(=O)N1CCCC1C(=O)NCCCCC(NC(=O)C1CCCN1C(C)=O)C(=O)NCCNC(C)(C)C(=O)C(N)CCC(=O)O. The predicted molar refractivity (Wildman–Crippen MR) is 165 cm³/mol. The van der Waals surface area contributed by atoms with Gasteiger partial charge in [0.25, 0.3) is 0 Å². The quantitative estimate of drug-likeness (QED) is 0.101. The lowest BCUT2D eigenvalue weighted by molar-refractivity contribution is -0.138. The molecule has 4 unspecified atom stereocenters.